The van der Waals surface area contributed by atoms with E-state index in [1.165, 1.54) is 0 Å². The first-order valence-electron chi connectivity index (χ1n) is 5.84. The molecule has 2 unspecified atom stereocenters. The van der Waals surface area contributed by atoms with E-state index in [1.807, 2.05) is 17.0 Å². The first-order valence-corrected chi connectivity index (χ1v) is 5.84. The van der Waals surface area contributed by atoms with Gasteiger partial charge in [0.1, 0.15) is 5.76 Å². The molecule has 2 aliphatic rings. The van der Waals surface area contributed by atoms with E-state index in [9.17, 15) is 4.79 Å². The topological polar surface area (TPSA) is 59.5 Å². The summed E-state index contributed by atoms with van der Waals surface area (Å²) < 4.78 is 5.29. The second-order valence-corrected chi connectivity index (χ2v) is 4.78. The number of hydrogen-bond acceptors (Lipinski definition) is 3. The molecule has 0 radical (unpaired) electrons. The van der Waals surface area contributed by atoms with Crippen molar-refractivity contribution in [3.8, 4) is 0 Å². The zero-order valence-electron chi connectivity index (χ0n) is 9.13. The highest BCUT2D eigenvalue weighted by Crippen LogP contribution is 2.36. The van der Waals surface area contributed by atoms with Gasteiger partial charge < -0.3 is 15.1 Å². The van der Waals surface area contributed by atoms with Crippen LogP contribution < -0.4 is 5.73 Å². The lowest BCUT2D eigenvalue weighted by Gasteiger charge is -2.21. The van der Waals surface area contributed by atoms with Crippen LogP contribution in [0.2, 0.25) is 0 Å². The highest BCUT2D eigenvalue weighted by Gasteiger charge is 2.45. The molecule has 0 aromatic carbocycles. The van der Waals surface area contributed by atoms with Crippen molar-refractivity contribution in [3.63, 3.8) is 0 Å². The third kappa shape index (κ3) is 1.85. The Hall–Kier alpha value is -1.29. The van der Waals surface area contributed by atoms with Crippen LogP contribution in [0.3, 0.4) is 0 Å². The first kappa shape index (κ1) is 9.90. The summed E-state index contributed by atoms with van der Waals surface area (Å²) in [4.78, 5) is 14.1. The highest BCUT2D eigenvalue weighted by molar-refractivity contribution is 5.83. The van der Waals surface area contributed by atoms with Gasteiger partial charge in [-0.15, -0.1) is 0 Å². The maximum Gasteiger partial charge on any atom is 0.227 e. The zero-order chi connectivity index (χ0) is 11.1. The quantitative estimate of drug-likeness (QED) is 0.827. The van der Waals surface area contributed by atoms with Gasteiger partial charge in [0.25, 0.3) is 0 Å². The molecule has 4 heteroatoms. The van der Waals surface area contributed by atoms with E-state index in [-0.39, 0.29) is 17.9 Å². The Morgan fingerprint density at radius 3 is 2.81 bits per heavy atom. The van der Waals surface area contributed by atoms with Crippen molar-refractivity contribution in [2.24, 2.45) is 11.7 Å². The highest BCUT2D eigenvalue weighted by atomic mass is 16.3. The number of nitrogens with zero attached hydrogens (tertiary/aromatic N) is 1. The van der Waals surface area contributed by atoms with Crippen LogP contribution in [0.25, 0.3) is 0 Å². The molecule has 1 aromatic heterocycles. The van der Waals surface area contributed by atoms with Crippen LogP contribution in [0.15, 0.2) is 22.8 Å². The Morgan fingerprint density at radius 1 is 1.56 bits per heavy atom. The Labute approximate surface area is 94.4 Å². The van der Waals surface area contributed by atoms with E-state index in [1.54, 1.807) is 6.26 Å². The molecule has 0 bridgehead atoms. The van der Waals surface area contributed by atoms with Gasteiger partial charge in [-0.05, 0) is 31.4 Å². The van der Waals surface area contributed by atoms with Crippen LogP contribution in [-0.4, -0.2) is 22.9 Å². The van der Waals surface area contributed by atoms with E-state index >= 15 is 0 Å². The van der Waals surface area contributed by atoms with Crippen molar-refractivity contribution in [3.05, 3.63) is 24.2 Å². The fraction of sp³-hybridized carbons (Fsp3) is 0.583. The van der Waals surface area contributed by atoms with Crippen molar-refractivity contribution in [2.45, 2.75) is 37.9 Å². The number of furan rings is 1. The molecule has 16 heavy (non-hydrogen) atoms. The third-order valence-corrected chi connectivity index (χ3v) is 3.33. The van der Waals surface area contributed by atoms with Crippen molar-refractivity contribution in [2.75, 3.05) is 0 Å². The average Bonchev–Trinajstić information content (AvgIpc) is 3.17. The van der Waals surface area contributed by atoms with Crippen LogP contribution in [0.5, 0.6) is 0 Å². The summed E-state index contributed by atoms with van der Waals surface area (Å²) in [7, 11) is 0. The SMILES string of the molecule is NC1CC1C(=O)N(Cc1ccco1)C1CC1. The molecule has 0 spiro atoms. The van der Waals surface area contributed by atoms with Crippen molar-refractivity contribution in [1.82, 2.24) is 4.90 Å². The molecule has 2 aliphatic carbocycles. The predicted octanol–water partition coefficient (Wildman–Crippen LogP) is 1.12. The molecule has 4 nitrogen and oxygen atoms in total. The minimum Gasteiger partial charge on any atom is -0.467 e. The van der Waals surface area contributed by atoms with Crippen LogP contribution in [-0.2, 0) is 11.3 Å². The van der Waals surface area contributed by atoms with E-state index in [0.717, 1.165) is 25.0 Å². The van der Waals surface area contributed by atoms with Gasteiger partial charge in [-0.1, -0.05) is 0 Å². The number of rotatable bonds is 4. The third-order valence-electron chi connectivity index (χ3n) is 3.33. The summed E-state index contributed by atoms with van der Waals surface area (Å²) in [6, 6.07) is 4.28. The summed E-state index contributed by atoms with van der Waals surface area (Å²) in [5.41, 5.74) is 5.73. The van der Waals surface area contributed by atoms with Crippen LogP contribution >= 0.6 is 0 Å². The van der Waals surface area contributed by atoms with E-state index in [4.69, 9.17) is 10.2 Å². The minimum atomic E-state index is 0.0653. The predicted molar refractivity (Wildman–Crippen MR) is 58.4 cm³/mol. The van der Waals surface area contributed by atoms with Gasteiger partial charge >= 0.3 is 0 Å². The molecule has 2 N–H and O–H groups in total. The maximum absolute atomic E-state index is 12.1. The summed E-state index contributed by atoms with van der Waals surface area (Å²) in [5.74, 6) is 1.14. The zero-order valence-corrected chi connectivity index (χ0v) is 9.13. The fourth-order valence-corrected chi connectivity index (χ4v) is 2.06. The Bertz CT molecular complexity index is 384. The molecule has 1 aromatic rings. The first-order chi connectivity index (χ1) is 7.75. The van der Waals surface area contributed by atoms with E-state index < -0.39 is 0 Å². The monoisotopic (exact) mass is 220 g/mol. The standard InChI is InChI=1S/C12H16N2O2/c13-11-6-10(11)12(15)14(8-3-4-8)7-9-2-1-5-16-9/h1-2,5,8,10-11H,3-4,6-7,13H2. The van der Waals surface area contributed by atoms with Crippen LogP contribution in [0.4, 0.5) is 0 Å². The Kier molecular flexibility index (Phi) is 2.24. The minimum absolute atomic E-state index is 0.0653. The summed E-state index contributed by atoms with van der Waals surface area (Å²) in [6.07, 6.45) is 4.73. The molecule has 0 aliphatic heterocycles. The average molecular weight is 220 g/mol. The molecule has 86 valence electrons. The molecule has 2 fully saturated rings. The lowest BCUT2D eigenvalue weighted by Crippen LogP contribution is -2.35. The number of nitrogens with two attached hydrogens (primary N) is 1. The van der Waals surface area contributed by atoms with Gasteiger partial charge in [0.15, 0.2) is 0 Å². The molecular weight excluding hydrogens is 204 g/mol. The van der Waals surface area contributed by atoms with Crippen molar-refractivity contribution < 1.29 is 9.21 Å². The van der Waals surface area contributed by atoms with Crippen LogP contribution in [0.1, 0.15) is 25.0 Å². The number of carbonyl (C=O) groups excluding carboxylic acids is 1. The van der Waals surface area contributed by atoms with Crippen LogP contribution in [0, 0.1) is 5.92 Å². The largest absolute Gasteiger partial charge is 0.467 e. The number of carbonyl (C=O) groups is 1. The summed E-state index contributed by atoms with van der Waals surface area (Å²) >= 11 is 0. The number of amides is 1. The van der Waals surface area contributed by atoms with Crippen molar-refractivity contribution >= 4 is 5.91 Å². The lowest BCUT2D eigenvalue weighted by atomic mass is 10.3. The smallest absolute Gasteiger partial charge is 0.227 e. The second-order valence-electron chi connectivity index (χ2n) is 4.78. The Balaban J connectivity index is 1.69. The molecular formula is C12H16N2O2. The molecule has 2 saturated carbocycles. The maximum atomic E-state index is 12.1. The van der Waals surface area contributed by atoms with Crippen molar-refractivity contribution in [1.29, 1.82) is 0 Å². The van der Waals surface area contributed by atoms with Gasteiger partial charge in [0, 0.05) is 12.1 Å². The van der Waals surface area contributed by atoms with Gasteiger partial charge in [-0.25, -0.2) is 0 Å². The fourth-order valence-electron chi connectivity index (χ4n) is 2.06. The molecule has 1 amide bonds. The summed E-state index contributed by atoms with van der Waals surface area (Å²) in [6.45, 7) is 0.597. The molecule has 0 saturated heterocycles. The normalized spacial score (nSPS) is 27.8. The Morgan fingerprint density at radius 2 is 2.31 bits per heavy atom. The molecule has 3 rings (SSSR count). The van der Waals surface area contributed by atoms with Gasteiger partial charge in [0.05, 0.1) is 18.7 Å². The number of hydrogen-bond donors (Lipinski definition) is 1. The second kappa shape index (κ2) is 3.63. The summed E-state index contributed by atoms with van der Waals surface area (Å²) in [5, 5.41) is 0. The lowest BCUT2D eigenvalue weighted by molar-refractivity contribution is -0.134. The molecule has 2 atom stereocenters. The van der Waals surface area contributed by atoms with Gasteiger partial charge in [-0.3, -0.25) is 4.79 Å². The van der Waals surface area contributed by atoms with Gasteiger partial charge in [0.2, 0.25) is 5.91 Å². The van der Waals surface area contributed by atoms with E-state index in [0.29, 0.717) is 12.6 Å². The molecule has 1 heterocycles. The van der Waals surface area contributed by atoms with E-state index in [2.05, 4.69) is 0 Å². The van der Waals surface area contributed by atoms with Gasteiger partial charge in [-0.2, -0.15) is 0 Å².